The van der Waals surface area contributed by atoms with E-state index in [9.17, 15) is 10.2 Å². The molecule has 1 aliphatic heterocycles. The summed E-state index contributed by atoms with van der Waals surface area (Å²) >= 11 is 5.05. The third kappa shape index (κ3) is 4.62. The number of rotatable bonds is 4. The lowest BCUT2D eigenvalue weighted by Crippen LogP contribution is -2.59. The van der Waals surface area contributed by atoms with E-state index < -0.39 is 30.7 Å². The Kier molecular flexibility index (Phi) is 6.32. The monoisotopic (exact) mass is 342 g/mol. The van der Waals surface area contributed by atoms with Crippen LogP contribution in [0.4, 0.5) is 0 Å². The fraction of sp³-hybridized carbons (Fsp3) is 0.562. The molecule has 7 heteroatoms. The largest absolute Gasteiger partial charge is 0.447 e. The average molecular weight is 342 g/mol. The molecule has 0 saturated carbocycles. The van der Waals surface area contributed by atoms with Gasteiger partial charge in [0.1, 0.15) is 18.0 Å². The normalized spacial score (nSPS) is 30.7. The highest BCUT2D eigenvalue weighted by atomic mass is 32.1. The quantitative estimate of drug-likeness (QED) is 0.804. The van der Waals surface area contributed by atoms with Crippen LogP contribution in [-0.4, -0.2) is 52.8 Å². The van der Waals surface area contributed by atoms with Crippen LogP contribution in [0.25, 0.3) is 0 Å². The van der Waals surface area contributed by atoms with Crippen LogP contribution in [0.1, 0.15) is 19.4 Å². The molecule has 1 saturated heterocycles. The third-order valence-electron chi connectivity index (χ3n) is 3.57. The van der Waals surface area contributed by atoms with Gasteiger partial charge in [0.25, 0.3) is 0 Å². The molecule has 128 valence electrons. The molecule has 1 aliphatic rings. The van der Waals surface area contributed by atoms with E-state index in [-0.39, 0.29) is 5.24 Å². The first-order valence-corrected chi connectivity index (χ1v) is 7.91. The van der Waals surface area contributed by atoms with E-state index in [0.717, 1.165) is 5.56 Å². The average Bonchev–Trinajstić information content (AvgIpc) is 2.51. The van der Waals surface area contributed by atoms with Crippen molar-refractivity contribution < 1.29 is 29.2 Å². The number of hydrogen-bond donors (Lipinski definition) is 2. The minimum Gasteiger partial charge on any atom is -0.447 e. The molecule has 1 heterocycles. The van der Waals surface area contributed by atoms with Crippen molar-refractivity contribution in [3.63, 3.8) is 0 Å². The summed E-state index contributed by atoms with van der Waals surface area (Å²) in [6, 6.07) is 7.27. The number of aliphatic hydroxyl groups is 2. The molecule has 0 spiro atoms. The molecule has 1 fully saturated rings. The zero-order chi connectivity index (χ0) is 17.0. The molecule has 0 bridgehead atoms. The van der Waals surface area contributed by atoms with Crippen LogP contribution in [0.2, 0.25) is 0 Å². The first kappa shape index (κ1) is 18.1. The topological polar surface area (TPSA) is 77.4 Å². The van der Waals surface area contributed by atoms with Gasteiger partial charge in [0.05, 0.1) is 6.10 Å². The van der Waals surface area contributed by atoms with Crippen molar-refractivity contribution in [3.8, 4) is 5.75 Å². The van der Waals surface area contributed by atoms with Gasteiger partial charge in [-0.2, -0.15) is 0 Å². The highest BCUT2D eigenvalue weighted by Gasteiger charge is 2.45. The Bertz CT molecular complexity index is 520. The van der Waals surface area contributed by atoms with Crippen molar-refractivity contribution in [1.82, 2.24) is 0 Å². The van der Waals surface area contributed by atoms with Crippen molar-refractivity contribution in [2.24, 2.45) is 0 Å². The molecule has 0 aromatic heterocycles. The molecule has 6 nitrogen and oxygen atoms in total. The van der Waals surface area contributed by atoms with Gasteiger partial charge < -0.3 is 29.2 Å². The van der Waals surface area contributed by atoms with Crippen molar-refractivity contribution in [2.75, 3.05) is 6.61 Å². The fourth-order valence-electron chi connectivity index (χ4n) is 2.28. The Morgan fingerprint density at radius 2 is 1.87 bits per heavy atom. The number of aliphatic hydroxyl groups excluding tert-OH is 2. The SMILES string of the molecule is CCO[C@H]1O[C@@H](C)[C@H](O)[C@@H](OC(=S)Oc2ccc(C)cc2)[C@H]1O. The standard InChI is InChI=1S/C16H22O6S/c1-4-19-15-13(18)14(12(17)10(3)20-15)22-16(23)21-11-7-5-9(2)6-8-11/h5-8,10,12-15,17-18H,4H2,1-3H3/t10-,12-,13+,14+,15-/m0/s1. The van der Waals surface area contributed by atoms with Crippen molar-refractivity contribution in [1.29, 1.82) is 0 Å². The van der Waals surface area contributed by atoms with Gasteiger partial charge in [0.2, 0.25) is 0 Å². The number of aryl methyl sites for hydroxylation is 1. The van der Waals surface area contributed by atoms with Gasteiger partial charge in [0, 0.05) is 18.8 Å². The Morgan fingerprint density at radius 3 is 2.48 bits per heavy atom. The van der Waals surface area contributed by atoms with Gasteiger partial charge in [0.15, 0.2) is 12.4 Å². The van der Waals surface area contributed by atoms with Crippen LogP contribution in [0.3, 0.4) is 0 Å². The first-order valence-electron chi connectivity index (χ1n) is 7.50. The summed E-state index contributed by atoms with van der Waals surface area (Å²) in [6.07, 6.45) is -4.68. The van der Waals surface area contributed by atoms with E-state index in [4.69, 9.17) is 31.2 Å². The predicted molar refractivity (Wildman–Crippen MR) is 87.3 cm³/mol. The Hall–Kier alpha value is -1.25. The van der Waals surface area contributed by atoms with Crippen LogP contribution in [-0.2, 0) is 14.2 Å². The summed E-state index contributed by atoms with van der Waals surface area (Å²) < 4.78 is 21.6. The summed E-state index contributed by atoms with van der Waals surface area (Å²) in [5, 5.41) is 20.2. The van der Waals surface area contributed by atoms with E-state index in [2.05, 4.69) is 0 Å². The Labute approximate surface area is 140 Å². The van der Waals surface area contributed by atoms with Gasteiger partial charge in [-0.3, -0.25) is 0 Å². The van der Waals surface area contributed by atoms with E-state index in [1.807, 2.05) is 19.1 Å². The third-order valence-corrected chi connectivity index (χ3v) is 3.75. The van der Waals surface area contributed by atoms with Crippen LogP contribution in [0.15, 0.2) is 24.3 Å². The van der Waals surface area contributed by atoms with Crippen molar-refractivity contribution in [3.05, 3.63) is 29.8 Å². The maximum absolute atomic E-state index is 10.2. The molecule has 1 aromatic rings. The zero-order valence-corrected chi connectivity index (χ0v) is 14.2. The van der Waals surface area contributed by atoms with Crippen LogP contribution in [0.5, 0.6) is 5.75 Å². The van der Waals surface area contributed by atoms with Crippen LogP contribution >= 0.6 is 12.2 Å². The van der Waals surface area contributed by atoms with E-state index >= 15 is 0 Å². The second-order valence-corrected chi connectivity index (χ2v) is 5.73. The highest BCUT2D eigenvalue weighted by Crippen LogP contribution is 2.25. The Balaban J connectivity index is 2.00. The van der Waals surface area contributed by atoms with Crippen molar-refractivity contribution >= 4 is 17.5 Å². The predicted octanol–water partition coefficient (Wildman–Crippen LogP) is 1.55. The van der Waals surface area contributed by atoms with E-state index in [1.54, 1.807) is 26.0 Å². The maximum atomic E-state index is 10.2. The lowest BCUT2D eigenvalue weighted by Gasteiger charge is -2.40. The molecule has 0 unspecified atom stereocenters. The summed E-state index contributed by atoms with van der Waals surface area (Å²) in [7, 11) is 0. The van der Waals surface area contributed by atoms with Crippen LogP contribution < -0.4 is 4.74 Å². The van der Waals surface area contributed by atoms with Crippen molar-refractivity contribution in [2.45, 2.75) is 51.5 Å². The van der Waals surface area contributed by atoms with Crippen LogP contribution in [0, 0.1) is 6.92 Å². The zero-order valence-electron chi connectivity index (χ0n) is 13.3. The number of hydrogen-bond acceptors (Lipinski definition) is 7. The second kappa shape index (κ2) is 8.03. The fourth-order valence-corrected chi connectivity index (χ4v) is 2.48. The molecule has 1 aromatic carbocycles. The molecule has 2 N–H and O–H groups in total. The van der Waals surface area contributed by atoms with E-state index in [0.29, 0.717) is 12.4 Å². The molecule has 2 rings (SSSR count). The van der Waals surface area contributed by atoms with Gasteiger partial charge in [-0.15, -0.1) is 0 Å². The molecule has 23 heavy (non-hydrogen) atoms. The maximum Gasteiger partial charge on any atom is 0.358 e. The van der Waals surface area contributed by atoms with Gasteiger partial charge >= 0.3 is 5.24 Å². The molecule has 0 radical (unpaired) electrons. The molecule has 0 aliphatic carbocycles. The molecule has 5 atom stereocenters. The highest BCUT2D eigenvalue weighted by molar-refractivity contribution is 7.79. The van der Waals surface area contributed by atoms with Gasteiger partial charge in [-0.05, 0) is 32.9 Å². The minimum atomic E-state index is -1.18. The Morgan fingerprint density at radius 1 is 1.22 bits per heavy atom. The molecular weight excluding hydrogens is 320 g/mol. The smallest absolute Gasteiger partial charge is 0.358 e. The van der Waals surface area contributed by atoms with E-state index in [1.165, 1.54) is 0 Å². The number of ether oxygens (including phenoxy) is 4. The summed E-state index contributed by atoms with van der Waals surface area (Å²) in [4.78, 5) is 0. The summed E-state index contributed by atoms with van der Waals surface area (Å²) in [5.74, 6) is 0.519. The first-order chi connectivity index (χ1) is 10.9. The minimum absolute atomic E-state index is 0.179. The van der Waals surface area contributed by atoms with Gasteiger partial charge in [-0.1, -0.05) is 17.7 Å². The number of benzene rings is 1. The lowest BCUT2D eigenvalue weighted by molar-refractivity contribution is -0.290. The molecular formula is C16H22O6S. The van der Waals surface area contributed by atoms with Gasteiger partial charge in [-0.25, -0.2) is 0 Å². The lowest BCUT2D eigenvalue weighted by atomic mass is 10.00. The second-order valence-electron chi connectivity index (χ2n) is 5.39. The summed E-state index contributed by atoms with van der Waals surface area (Å²) in [6.45, 7) is 5.78. The number of thiocarbonyl (C=S) groups is 1. The summed E-state index contributed by atoms with van der Waals surface area (Å²) in [5.41, 5.74) is 1.09. The molecule has 0 amide bonds.